The van der Waals surface area contributed by atoms with Crippen LogP contribution in [0.3, 0.4) is 0 Å². The molecule has 4 nitrogen and oxygen atoms in total. The number of hydrogen-bond acceptors (Lipinski definition) is 3. The van der Waals surface area contributed by atoms with E-state index >= 15 is 0 Å². The number of rotatable bonds is 3. The SMILES string of the molecule is Cc1cc(Br)c(O)c(NC(=O)C2CC(O)(c3cccc(Cl)c3)C2)c1. The largest absolute Gasteiger partial charge is 0.505 e. The quantitative estimate of drug-likeness (QED) is 0.659. The molecule has 1 aliphatic rings. The second-order valence-electron chi connectivity index (χ2n) is 6.28. The van der Waals surface area contributed by atoms with Crippen LogP contribution in [0.4, 0.5) is 5.69 Å². The fraction of sp³-hybridized carbons (Fsp3) is 0.278. The molecule has 0 unspecified atom stereocenters. The van der Waals surface area contributed by atoms with Crippen molar-refractivity contribution in [2.75, 3.05) is 5.32 Å². The minimum absolute atomic E-state index is 0.00150. The lowest BCUT2D eigenvalue weighted by atomic mass is 9.67. The number of phenolic OH excluding ortho intramolecular Hbond substituents is 1. The highest BCUT2D eigenvalue weighted by molar-refractivity contribution is 9.10. The molecule has 0 aliphatic heterocycles. The van der Waals surface area contributed by atoms with Gasteiger partial charge in [0.05, 0.1) is 15.8 Å². The van der Waals surface area contributed by atoms with Crippen LogP contribution >= 0.6 is 27.5 Å². The maximum atomic E-state index is 12.4. The summed E-state index contributed by atoms with van der Waals surface area (Å²) in [4.78, 5) is 12.4. The number of phenols is 1. The number of anilines is 1. The van der Waals surface area contributed by atoms with E-state index < -0.39 is 5.60 Å². The lowest BCUT2D eigenvalue weighted by Gasteiger charge is -2.43. The molecule has 3 rings (SSSR count). The minimum Gasteiger partial charge on any atom is -0.505 e. The Kier molecular flexibility index (Phi) is 4.60. The molecule has 1 saturated carbocycles. The first-order chi connectivity index (χ1) is 11.3. The summed E-state index contributed by atoms with van der Waals surface area (Å²) in [5, 5.41) is 24.0. The van der Waals surface area contributed by atoms with E-state index in [1.165, 1.54) is 0 Å². The van der Waals surface area contributed by atoms with Gasteiger partial charge in [0.2, 0.25) is 5.91 Å². The first-order valence-electron chi connectivity index (χ1n) is 7.57. The lowest BCUT2D eigenvalue weighted by molar-refractivity contribution is -0.137. The molecule has 0 heterocycles. The Morgan fingerprint density at radius 2 is 2.04 bits per heavy atom. The molecule has 0 radical (unpaired) electrons. The third-order valence-corrected chi connectivity index (χ3v) is 5.21. The number of hydrogen-bond donors (Lipinski definition) is 3. The average Bonchev–Trinajstić information content (AvgIpc) is 2.48. The van der Waals surface area contributed by atoms with Crippen molar-refractivity contribution in [1.82, 2.24) is 0 Å². The molecule has 1 aliphatic carbocycles. The van der Waals surface area contributed by atoms with Crippen molar-refractivity contribution in [2.24, 2.45) is 5.92 Å². The summed E-state index contributed by atoms with van der Waals surface area (Å²) in [5.74, 6) is -0.527. The monoisotopic (exact) mass is 409 g/mol. The van der Waals surface area contributed by atoms with Crippen molar-refractivity contribution in [3.8, 4) is 5.75 Å². The van der Waals surface area contributed by atoms with Crippen LogP contribution in [0, 0.1) is 12.8 Å². The number of carbonyl (C=O) groups is 1. The van der Waals surface area contributed by atoms with E-state index in [1.54, 1.807) is 30.3 Å². The van der Waals surface area contributed by atoms with Crippen molar-refractivity contribution < 1.29 is 15.0 Å². The molecule has 0 saturated heterocycles. The summed E-state index contributed by atoms with van der Waals surface area (Å²) in [7, 11) is 0. The number of aromatic hydroxyl groups is 1. The third kappa shape index (κ3) is 3.29. The van der Waals surface area contributed by atoms with Gasteiger partial charge in [-0.25, -0.2) is 0 Å². The predicted octanol–water partition coefficient (Wildman–Crippen LogP) is 4.35. The Bertz CT molecular complexity index is 803. The number of aliphatic hydroxyl groups is 1. The highest BCUT2D eigenvalue weighted by atomic mass is 79.9. The van der Waals surface area contributed by atoms with Crippen LogP contribution in [0.25, 0.3) is 0 Å². The summed E-state index contributed by atoms with van der Waals surface area (Å²) in [6.45, 7) is 1.88. The van der Waals surface area contributed by atoms with Crippen molar-refractivity contribution >= 4 is 39.1 Å². The Hall–Kier alpha value is -1.56. The molecule has 2 aromatic carbocycles. The maximum absolute atomic E-state index is 12.4. The zero-order valence-corrected chi connectivity index (χ0v) is 15.4. The first-order valence-corrected chi connectivity index (χ1v) is 8.74. The van der Waals surface area contributed by atoms with Gasteiger partial charge in [0, 0.05) is 10.9 Å². The van der Waals surface area contributed by atoms with E-state index in [0.717, 1.165) is 11.1 Å². The predicted molar refractivity (Wildman–Crippen MR) is 97.2 cm³/mol. The summed E-state index contributed by atoms with van der Waals surface area (Å²) in [6, 6.07) is 10.5. The average molecular weight is 411 g/mol. The summed E-state index contributed by atoms with van der Waals surface area (Å²) >= 11 is 9.22. The molecule has 0 atom stereocenters. The van der Waals surface area contributed by atoms with Crippen molar-refractivity contribution in [2.45, 2.75) is 25.4 Å². The molecule has 2 aromatic rings. The van der Waals surface area contributed by atoms with E-state index in [9.17, 15) is 15.0 Å². The molecule has 126 valence electrons. The number of amides is 1. The van der Waals surface area contributed by atoms with Crippen LogP contribution in [0.15, 0.2) is 40.9 Å². The molecule has 0 spiro atoms. The second-order valence-corrected chi connectivity index (χ2v) is 7.57. The van der Waals surface area contributed by atoms with Crippen LogP contribution < -0.4 is 5.32 Å². The number of carbonyl (C=O) groups excluding carboxylic acids is 1. The van der Waals surface area contributed by atoms with Crippen LogP contribution in [0.1, 0.15) is 24.0 Å². The number of aryl methyl sites for hydroxylation is 1. The van der Waals surface area contributed by atoms with Crippen LogP contribution in [0.2, 0.25) is 5.02 Å². The van der Waals surface area contributed by atoms with Crippen LogP contribution in [0.5, 0.6) is 5.75 Å². The molecular weight excluding hydrogens is 394 g/mol. The van der Waals surface area contributed by atoms with Gasteiger partial charge >= 0.3 is 0 Å². The van der Waals surface area contributed by atoms with Gasteiger partial charge in [-0.15, -0.1) is 0 Å². The van der Waals surface area contributed by atoms with Gasteiger partial charge in [0.1, 0.15) is 0 Å². The van der Waals surface area contributed by atoms with Crippen LogP contribution in [-0.4, -0.2) is 16.1 Å². The van der Waals surface area contributed by atoms with Gasteiger partial charge < -0.3 is 15.5 Å². The standard InChI is InChI=1S/C18H17BrClNO3/c1-10-5-14(19)16(22)15(6-10)21-17(23)11-8-18(24,9-11)12-3-2-4-13(20)7-12/h2-7,11,22,24H,8-9H2,1H3,(H,21,23). The molecule has 1 amide bonds. The zero-order chi connectivity index (χ0) is 17.5. The Balaban J connectivity index is 1.69. The van der Waals surface area contributed by atoms with Gasteiger partial charge in [-0.3, -0.25) is 4.79 Å². The Morgan fingerprint density at radius 3 is 2.71 bits per heavy atom. The Labute approximate surface area is 153 Å². The summed E-state index contributed by atoms with van der Waals surface area (Å²) < 4.78 is 0.529. The summed E-state index contributed by atoms with van der Waals surface area (Å²) in [6.07, 6.45) is 0.653. The fourth-order valence-corrected chi connectivity index (χ4v) is 3.78. The van der Waals surface area contributed by atoms with E-state index in [1.807, 2.05) is 13.0 Å². The highest BCUT2D eigenvalue weighted by Crippen LogP contribution is 2.46. The van der Waals surface area contributed by atoms with E-state index in [2.05, 4.69) is 21.2 Å². The Morgan fingerprint density at radius 1 is 1.33 bits per heavy atom. The van der Waals surface area contributed by atoms with Gasteiger partial charge in [0.15, 0.2) is 5.75 Å². The number of benzene rings is 2. The zero-order valence-electron chi connectivity index (χ0n) is 13.0. The smallest absolute Gasteiger partial charge is 0.227 e. The van der Waals surface area contributed by atoms with Crippen LogP contribution in [-0.2, 0) is 10.4 Å². The maximum Gasteiger partial charge on any atom is 0.227 e. The van der Waals surface area contributed by atoms with E-state index in [-0.39, 0.29) is 17.6 Å². The van der Waals surface area contributed by atoms with Gasteiger partial charge in [0.25, 0.3) is 0 Å². The summed E-state index contributed by atoms with van der Waals surface area (Å²) in [5.41, 5.74) is 0.978. The minimum atomic E-state index is -1.03. The molecule has 6 heteroatoms. The van der Waals surface area contributed by atoms with Crippen molar-refractivity contribution in [1.29, 1.82) is 0 Å². The number of halogens is 2. The molecule has 0 aromatic heterocycles. The molecular formula is C18H17BrClNO3. The van der Waals surface area contributed by atoms with E-state index in [0.29, 0.717) is 28.0 Å². The highest BCUT2D eigenvalue weighted by Gasteiger charge is 2.47. The fourth-order valence-electron chi connectivity index (χ4n) is 3.02. The van der Waals surface area contributed by atoms with Crippen molar-refractivity contribution in [3.63, 3.8) is 0 Å². The molecule has 0 bridgehead atoms. The molecule has 3 N–H and O–H groups in total. The van der Waals surface area contributed by atoms with Gasteiger partial charge in [-0.2, -0.15) is 0 Å². The molecule has 24 heavy (non-hydrogen) atoms. The first kappa shape index (κ1) is 17.3. The molecule has 1 fully saturated rings. The third-order valence-electron chi connectivity index (χ3n) is 4.37. The van der Waals surface area contributed by atoms with Gasteiger partial charge in [-0.1, -0.05) is 23.7 Å². The van der Waals surface area contributed by atoms with Crippen molar-refractivity contribution in [3.05, 3.63) is 57.0 Å². The van der Waals surface area contributed by atoms with Gasteiger partial charge in [-0.05, 0) is 71.1 Å². The normalized spacial score (nSPS) is 22.8. The lowest BCUT2D eigenvalue weighted by Crippen LogP contribution is -2.46. The van der Waals surface area contributed by atoms with E-state index in [4.69, 9.17) is 11.6 Å². The number of nitrogens with one attached hydrogen (secondary N) is 1. The topological polar surface area (TPSA) is 69.6 Å². The second kappa shape index (κ2) is 6.39.